The SMILES string of the molecule is CN=C(NCc1cc(Br)c2c(c1)OCO2)NCc1ncc(C)s1.I. The number of ether oxygens (including phenoxy) is 2. The minimum Gasteiger partial charge on any atom is -0.454 e. The van der Waals surface area contributed by atoms with Crippen LogP contribution in [0.1, 0.15) is 15.4 Å². The van der Waals surface area contributed by atoms with Crippen molar-refractivity contribution in [2.24, 2.45) is 4.99 Å². The van der Waals surface area contributed by atoms with Crippen molar-refractivity contribution in [3.63, 3.8) is 0 Å². The molecule has 0 fully saturated rings. The Kier molecular flexibility index (Phi) is 7.11. The van der Waals surface area contributed by atoms with E-state index in [2.05, 4.69) is 36.5 Å². The van der Waals surface area contributed by atoms with Crippen LogP contribution in [0, 0.1) is 6.92 Å². The zero-order chi connectivity index (χ0) is 16.2. The van der Waals surface area contributed by atoms with Crippen LogP contribution in [0.2, 0.25) is 0 Å². The Hall–Kier alpha value is -1.07. The average Bonchev–Trinajstić information content (AvgIpc) is 3.16. The lowest BCUT2D eigenvalue weighted by molar-refractivity contribution is 0.173. The zero-order valence-corrected chi connectivity index (χ0v) is 18.0. The van der Waals surface area contributed by atoms with Gasteiger partial charge in [0, 0.05) is 24.7 Å². The van der Waals surface area contributed by atoms with Crippen molar-refractivity contribution in [1.82, 2.24) is 15.6 Å². The quantitative estimate of drug-likeness (QED) is 0.364. The predicted octanol–water partition coefficient (Wildman–Crippen LogP) is 3.43. The molecule has 1 aromatic heterocycles. The van der Waals surface area contributed by atoms with E-state index in [1.807, 2.05) is 25.3 Å². The number of hydrogen-bond donors (Lipinski definition) is 2. The van der Waals surface area contributed by atoms with Crippen LogP contribution in [0.5, 0.6) is 11.5 Å². The Morgan fingerprint density at radius 2 is 2.12 bits per heavy atom. The van der Waals surface area contributed by atoms with Crippen molar-refractivity contribution in [1.29, 1.82) is 0 Å². The Labute approximate surface area is 170 Å². The van der Waals surface area contributed by atoms with E-state index >= 15 is 0 Å². The van der Waals surface area contributed by atoms with Crippen LogP contribution in [0.15, 0.2) is 27.8 Å². The first-order valence-corrected chi connectivity index (χ1v) is 8.70. The summed E-state index contributed by atoms with van der Waals surface area (Å²) in [6.45, 7) is 3.60. The molecule has 0 bridgehead atoms. The lowest BCUT2D eigenvalue weighted by Crippen LogP contribution is -2.36. The smallest absolute Gasteiger partial charge is 0.231 e. The summed E-state index contributed by atoms with van der Waals surface area (Å²) >= 11 is 5.18. The highest BCUT2D eigenvalue weighted by atomic mass is 127. The van der Waals surface area contributed by atoms with Crippen molar-refractivity contribution in [3.05, 3.63) is 38.3 Å². The van der Waals surface area contributed by atoms with Gasteiger partial charge in [0.15, 0.2) is 17.5 Å². The Morgan fingerprint density at radius 1 is 1.33 bits per heavy atom. The van der Waals surface area contributed by atoms with Crippen molar-refractivity contribution in [2.45, 2.75) is 20.0 Å². The topological polar surface area (TPSA) is 67.8 Å². The summed E-state index contributed by atoms with van der Waals surface area (Å²) in [6, 6.07) is 3.98. The molecule has 6 nitrogen and oxygen atoms in total. The maximum atomic E-state index is 5.43. The highest BCUT2D eigenvalue weighted by molar-refractivity contribution is 14.0. The zero-order valence-electron chi connectivity index (χ0n) is 13.3. The molecule has 0 aliphatic carbocycles. The van der Waals surface area contributed by atoms with Gasteiger partial charge in [-0.2, -0.15) is 0 Å². The van der Waals surface area contributed by atoms with Gasteiger partial charge in [-0.3, -0.25) is 4.99 Å². The van der Waals surface area contributed by atoms with Gasteiger partial charge in [-0.1, -0.05) is 0 Å². The molecular formula is C15H18BrIN4O2S. The molecule has 2 aromatic rings. The number of nitrogens with zero attached hydrogens (tertiary/aromatic N) is 2. The number of nitrogens with one attached hydrogen (secondary N) is 2. The molecule has 0 saturated heterocycles. The van der Waals surface area contributed by atoms with Gasteiger partial charge in [-0.15, -0.1) is 35.3 Å². The third-order valence-electron chi connectivity index (χ3n) is 3.25. The largest absolute Gasteiger partial charge is 0.454 e. The van der Waals surface area contributed by atoms with Crippen molar-refractivity contribution < 1.29 is 9.47 Å². The van der Waals surface area contributed by atoms with Crippen LogP contribution in [0.4, 0.5) is 0 Å². The van der Waals surface area contributed by atoms with Gasteiger partial charge < -0.3 is 20.1 Å². The summed E-state index contributed by atoms with van der Waals surface area (Å²) in [4.78, 5) is 9.76. The number of thiazole rings is 1. The van der Waals surface area contributed by atoms with Gasteiger partial charge in [0.05, 0.1) is 11.0 Å². The molecule has 1 aliphatic rings. The number of fused-ring (bicyclic) bond motifs is 1. The van der Waals surface area contributed by atoms with Gasteiger partial charge in [0.2, 0.25) is 6.79 Å². The molecule has 0 amide bonds. The van der Waals surface area contributed by atoms with Gasteiger partial charge in [0.25, 0.3) is 0 Å². The van der Waals surface area contributed by atoms with Gasteiger partial charge >= 0.3 is 0 Å². The number of aliphatic imine (C=N–C) groups is 1. The molecular weight excluding hydrogens is 507 g/mol. The molecule has 1 aromatic carbocycles. The van der Waals surface area contributed by atoms with Crippen LogP contribution in [-0.4, -0.2) is 24.8 Å². The summed E-state index contributed by atoms with van der Waals surface area (Å²) in [5.41, 5.74) is 1.08. The molecule has 24 heavy (non-hydrogen) atoms. The molecule has 0 unspecified atom stereocenters. The first-order valence-electron chi connectivity index (χ1n) is 7.09. The fourth-order valence-electron chi connectivity index (χ4n) is 2.17. The average molecular weight is 525 g/mol. The van der Waals surface area contributed by atoms with E-state index in [1.165, 1.54) is 4.88 Å². The second-order valence-electron chi connectivity index (χ2n) is 4.96. The molecule has 3 rings (SSSR count). The first-order chi connectivity index (χ1) is 11.2. The maximum absolute atomic E-state index is 5.43. The molecule has 0 radical (unpaired) electrons. The Balaban J connectivity index is 0.00000208. The fourth-order valence-corrected chi connectivity index (χ4v) is 3.50. The molecule has 0 saturated carbocycles. The minimum atomic E-state index is 0. The lowest BCUT2D eigenvalue weighted by Gasteiger charge is -2.11. The van der Waals surface area contributed by atoms with Crippen molar-refractivity contribution >= 4 is 57.2 Å². The highest BCUT2D eigenvalue weighted by Crippen LogP contribution is 2.39. The summed E-state index contributed by atoms with van der Waals surface area (Å²) in [5.74, 6) is 2.25. The first kappa shape index (κ1) is 19.3. The van der Waals surface area contributed by atoms with Gasteiger partial charge in [0.1, 0.15) is 5.01 Å². The highest BCUT2D eigenvalue weighted by Gasteiger charge is 2.17. The van der Waals surface area contributed by atoms with Crippen LogP contribution >= 0.6 is 51.2 Å². The maximum Gasteiger partial charge on any atom is 0.231 e. The molecule has 2 N–H and O–H groups in total. The summed E-state index contributed by atoms with van der Waals surface area (Å²) < 4.78 is 11.7. The van der Waals surface area contributed by atoms with Crippen LogP contribution in [0.25, 0.3) is 0 Å². The second-order valence-corrected chi connectivity index (χ2v) is 7.13. The summed E-state index contributed by atoms with van der Waals surface area (Å²) in [6.07, 6.45) is 1.88. The lowest BCUT2D eigenvalue weighted by atomic mass is 10.2. The summed E-state index contributed by atoms with van der Waals surface area (Å²) in [7, 11) is 1.75. The Morgan fingerprint density at radius 3 is 2.83 bits per heavy atom. The monoisotopic (exact) mass is 524 g/mol. The second kappa shape index (κ2) is 8.86. The van der Waals surface area contributed by atoms with Crippen LogP contribution < -0.4 is 20.1 Å². The number of halogens is 2. The van der Waals surface area contributed by atoms with E-state index in [4.69, 9.17) is 9.47 Å². The Bertz CT molecular complexity index is 738. The van der Waals surface area contributed by atoms with Crippen LogP contribution in [-0.2, 0) is 13.1 Å². The number of benzene rings is 1. The number of aromatic nitrogens is 1. The third kappa shape index (κ3) is 4.73. The van der Waals surface area contributed by atoms with E-state index in [9.17, 15) is 0 Å². The number of guanidine groups is 1. The number of rotatable bonds is 4. The molecule has 1 aliphatic heterocycles. The van der Waals surface area contributed by atoms with Crippen molar-refractivity contribution in [2.75, 3.05) is 13.8 Å². The van der Waals surface area contributed by atoms with E-state index in [0.29, 0.717) is 13.1 Å². The fraction of sp³-hybridized carbons (Fsp3) is 0.333. The summed E-state index contributed by atoms with van der Waals surface area (Å²) in [5, 5.41) is 7.57. The van der Waals surface area contributed by atoms with Crippen LogP contribution in [0.3, 0.4) is 0 Å². The van der Waals surface area contributed by atoms with E-state index in [1.54, 1.807) is 18.4 Å². The van der Waals surface area contributed by atoms with Gasteiger partial charge in [-0.05, 0) is 40.5 Å². The third-order valence-corrected chi connectivity index (χ3v) is 4.75. The minimum absolute atomic E-state index is 0. The molecule has 9 heteroatoms. The molecule has 0 spiro atoms. The van der Waals surface area contributed by atoms with E-state index in [-0.39, 0.29) is 30.8 Å². The molecule has 0 atom stereocenters. The number of hydrogen-bond acceptors (Lipinski definition) is 5. The van der Waals surface area contributed by atoms with Gasteiger partial charge in [-0.25, -0.2) is 4.98 Å². The van der Waals surface area contributed by atoms with E-state index in [0.717, 1.165) is 32.5 Å². The predicted molar refractivity (Wildman–Crippen MR) is 110 cm³/mol. The molecule has 130 valence electrons. The van der Waals surface area contributed by atoms with E-state index < -0.39 is 0 Å². The van der Waals surface area contributed by atoms with Crippen molar-refractivity contribution in [3.8, 4) is 11.5 Å². The number of aryl methyl sites for hydroxylation is 1. The normalized spacial score (nSPS) is 12.7. The standard InChI is InChI=1S/C15H17BrN4O2S.HI/c1-9-5-18-13(23-9)7-20-15(17-2)19-6-10-3-11(16)14-12(4-10)21-8-22-14;/h3-5H,6-8H2,1-2H3,(H2,17,19,20);1H. The molecule has 2 heterocycles.